The fourth-order valence-corrected chi connectivity index (χ4v) is 2.95. The molecule has 1 aromatic rings. The van der Waals surface area contributed by atoms with Crippen LogP contribution < -0.4 is 4.74 Å². The van der Waals surface area contributed by atoms with E-state index in [1.807, 2.05) is 0 Å². The molecule has 0 amide bonds. The van der Waals surface area contributed by atoms with Gasteiger partial charge < -0.3 is 9.84 Å². The van der Waals surface area contributed by atoms with Gasteiger partial charge in [-0.2, -0.15) is 0 Å². The lowest BCUT2D eigenvalue weighted by atomic mass is 9.82. The van der Waals surface area contributed by atoms with Crippen molar-refractivity contribution in [2.24, 2.45) is 11.8 Å². The van der Waals surface area contributed by atoms with Crippen LogP contribution in [0.4, 0.5) is 8.78 Å². The van der Waals surface area contributed by atoms with Crippen molar-refractivity contribution in [1.29, 1.82) is 0 Å². The van der Waals surface area contributed by atoms with Gasteiger partial charge in [-0.25, -0.2) is 8.78 Å². The third kappa shape index (κ3) is 3.44. The van der Waals surface area contributed by atoms with Crippen LogP contribution in [0.3, 0.4) is 0 Å². The Morgan fingerprint density at radius 2 is 1.63 bits per heavy atom. The number of hydrogen-bond donors (Lipinski definition) is 1. The summed E-state index contributed by atoms with van der Waals surface area (Å²) in [4.78, 5) is 0. The maximum Gasteiger partial charge on any atom is 0.191 e. The van der Waals surface area contributed by atoms with Crippen molar-refractivity contribution in [2.75, 3.05) is 0 Å². The SMILES string of the molecule is CC1CC(C)CC(Oc2c(F)cc(CO)cc2F)C1. The van der Waals surface area contributed by atoms with E-state index in [0.29, 0.717) is 11.8 Å². The highest BCUT2D eigenvalue weighted by atomic mass is 19.1. The summed E-state index contributed by atoms with van der Waals surface area (Å²) >= 11 is 0. The smallest absolute Gasteiger partial charge is 0.191 e. The van der Waals surface area contributed by atoms with Crippen molar-refractivity contribution >= 4 is 0 Å². The maximum atomic E-state index is 13.8. The number of benzene rings is 1. The van der Waals surface area contributed by atoms with E-state index in [0.717, 1.165) is 31.4 Å². The maximum absolute atomic E-state index is 13.8. The molecule has 0 saturated heterocycles. The molecule has 1 aromatic carbocycles. The number of rotatable bonds is 3. The van der Waals surface area contributed by atoms with Gasteiger partial charge in [-0.15, -0.1) is 0 Å². The summed E-state index contributed by atoms with van der Waals surface area (Å²) in [6, 6.07) is 2.24. The molecule has 1 aliphatic carbocycles. The van der Waals surface area contributed by atoms with Gasteiger partial charge in [-0.1, -0.05) is 13.8 Å². The monoisotopic (exact) mass is 270 g/mol. The Balaban J connectivity index is 2.14. The zero-order chi connectivity index (χ0) is 14.0. The fourth-order valence-electron chi connectivity index (χ4n) is 2.95. The summed E-state index contributed by atoms with van der Waals surface area (Å²) < 4.78 is 33.1. The average Bonchev–Trinajstić information content (AvgIpc) is 2.32. The molecule has 1 N–H and O–H groups in total. The van der Waals surface area contributed by atoms with Crippen molar-refractivity contribution in [3.63, 3.8) is 0 Å². The van der Waals surface area contributed by atoms with Gasteiger partial charge >= 0.3 is 0 Å². The van der Waals surface area contributed by atoms with Crippen LogP contribution in [0.15, 0.2) is 12.1 Å². The van der Waals surface area contributed by atoms with Gasteiger partial charge in [0.15, 0.2) is 17.4 Å². The molecule has 2 atom stereocenters. The highest BCUT2D eigenvalue weighted by molar-refractivity contribution is 5.31. The Morgan fingerprint density at radius 1 is 1.11 bits per heavy atom. The Bertz CT molecular complexity index is 415. The minimum atomic E-state index is -0.741. The standard InChI is InChI=1S/C15H20F2O2/c1-9-3-10(2)5-12(4-9)19-15-13(16)6-11(8-18)7-14(15)17/h6-7,9-10,12,18H,3-5,8H2,1-2H3. The summed E-state index contributed by atoms with van der Waals surface area (Å²) in [6.45, 7) is 3.88. The first-order valence-electron chi connectivity index (χ1n) is 6.75. The zero-order valence-electron chi connectivity index (χ0n) is 11.3. The molecule has 4 heteroatoms. The number of hydrogen-bond acceptors (Lipinski definition) is 2. The molecular weight excluding hydrogens is 250 g/mol. The molecule has 2 nitrogen and oxygen atoms in total. The molecule has 1 aliphatic rings. The largest absolute Gasteiger partial charge is 0.484 e. The average molecular weight is 270 g/mol. The van der Waals surface area contributed by atoms with Gasteiger partial charge in [0.05, 0.1) is 12.7 Å². The zero-order valence-corrected chi connectivity index (χ0v) is 11.3. The molecule has 0 spiro atoms. The summed E-state index contributed by atoms with van der Waals surface area (Å²) in [7, 11) is 0. The first-order chi connectivity index (χ1) is 8.99. The van der Waals surface area contributed by atoms with E-state index >= 15 is 0 Å². The highest BCUT2D eigenvalue weighted by Crippen LogP contribution is 2.33. The van der Waals surface area contributed by atoms with Crippen LogP contribution in [0.2, 0.25) is 0 Å². The number of halogens is 2. The van der Waals surface area contributed by atoms with Gasteiger partial charge in [-0.05, 0) is 48.8 Å². The molecular formula is C15H20F2O2. The molecule has 0 aliphatic heterocycles. The van der Waals surface area contributed by atoms with Crippen LogP contribution in [0.1, 0.15) is 38.7 Å². The van der Waals surface area contributed by atoms with Gasteiger partial charge in [0, 0.05) is 0 Å². The first-order valence-corrected chi connectivity index (χ1v) is 6.75. The van der Waals surface area contributed by atoms with Crippen LogP contribution in [-0.4, -0.2) is 11.2 Å². The second-order valence-corrected chi connectivity index (χ2v) is 5.70. The number of aliphatic hydroxyl groups excluding tert-OH is 1. The van der Waals surface area contributed by atoms with Crippen LogP contribution >= 0.6 is 0 Å². The fraction of sp³-hybridized carbons (Fsp3) is 0.600. The van der Waals surface area contributed by atoms with Crippen LogP contribution in [0, 0.1) is 23.5 Å². The van der Waals surface area contributed by atoms with Gasteiger partial charge in [0.25, 0.3) is 0 Å². The Morgan fingerprint density at radius 3 is 2.11 bits per heavy atom. The van der Waals surface area contributed by atoms with E-state index < -0.39 is 11.6 Å². The minimum Gasteiger partial charge on any atom is -0.484 e. The Kier molecular flexibility index (Phi) is 4.40. The topological polar surface area (TPSA) is 29.5 Å². The van der Waals surface area contributed by atoms with Crippen LogP contribution in [0.25, 0.3) is 0 Å². The van der Waals surface area contributed by atoms with E-state index in [1.54, 1.807) is 0 Å². The summed E-state index contributed by atoms with van der Waals surface area (Å²) in [6.07, 6.45) is 2.65. The van der Waals surface area contributed by atoms with Gasteiger partial charge in [0.2, 0.25) is 0 Å². The lowest BCUT2D eigenvalue weighted by Crippen LogP contribution is -2.29. The number of aliphatic hydroxyl groups is 1. The highest BCUT2D eigenvalue weighted by Gasteiger charge is 2.27. The molecule has 0 heterocycles. The molecule has 2 rings (SSSR count). The molecule has 1 fully saturated rings. The lowest BCUT2D eigenvalue weighted by molar-refractivity contribution is 0.0926. The van der Waals surface area contributed by atoms with E-state index in [2.05, 4.69) is 13.8 Å². The normalized spacial score (nSPS) is 27.3. The van der Waals surface area contributed by atoms with E-state index in [9.17, 15) is 8.78 Å². The van der Waals surface area contributed by atoms with Gasteiger partial charge in [-0.3, -0.25) is 0 Å². The second kappa shape index (κ2) is 5.87. The third-order valence-electron chi connectivity index (χ3n) is 3.66. The lowest BCUT2D eigenvalue weighted by Gasteiger charge is -2.31. The summed E-state index contributed by atoms with van der Waals surface area (Å²) in [5.74, 6) is -0.776. The Labute approximate surface area is 112 Å². The van der Waals surface area contributed by atoms with Crippen molar-refractivity contribution in [3.05, 3.63) is 29.3 Å². The predicted molar refractivity (Wildman–Crippen MR) is 68.9 cm³/mol. The quantitative estimate of drug-likeness (QED) is 0.908. The summed E-state index contributed by atoms with van der Waals surface area (Å²) in [5.41, 5.74) is 0.215. The van der Waals surface area contributed by atoms with E-state index in [4.69, 9.17) is 9.84 Å². The first kappa shape index (κ1) is 14.3. The van der Waals surface area contributed by atoms with Crippen molar-refractivity contribution < 1.29 is 18.6 Å². The molecule has 0 bridgehead atoms. The molecule has 106 valence electrons. The summed E-state index contributed by atoms with van der Waals surface area (Å²) in [5, 5.41) is 8.89. The predicted octanol–water partition coefficient (Wildman–Crippen LogP) is 3.66. The van der Waals surface area contributed by atoms with Crippen molar-refractivity contribution in [2.45, 2.75) is 45.8 Å². The molecule has 2 unspecified atom stereocenters. The van der Waals surface area contributed by atoms with Crippen LogP contribution in [-0.2, 0) is 6.61 Å². The number of ether oxygens (including phenoxy) is 1. The Hall–Kier alpha value is -1.16. The minimum absolute atomic E-state index is 0.136. The van der Waals surface area contributed by atoms with Crippen molar-refractivity contribution in [1.82, 2.24) is 0 Å². The second-order valence-electron chi connectivity index (χ2n) is 5.70. The molecule has 1 saturated carbocycles. The van der Waals surface area contributed by atoms with E-state index in [-0.39, 0.29) is 24.0 Å². The molecule has 0 radical (unpaired) electrons. The van der Waals surface area contributed by atoms with Crippen LogP contribution in [0.5, 0.6) is 5.75 Å². The van der Waals surface area contributed by atoms with E-state index in [1.165, 1.54) is 0 Å². The van der Waals surface area contributed by atoms with Gasteiger partial charge in [0.1, 0.15) is 0 Å². The molecule has 0 aromatic heterocycles. The molecule has 19 heavy (non-hydrogen) atoms. The van der Waals surface area contributed by atoms with Crippen molar-refractivity contribution in [3.8, 4) is 5.75 Å². The third-order valence-corrected chi connectivity index (χ3v) is 3.66.